The quantitative estimate of drug-likeness (QED) is 0.931. The van der Waals surface area contributed by atoms with Crippen LogP contribution < -0.4 is 5.32 Å². The number of rotatable bonds is 3. The first-order valence-corrected chi connectivity index (χ1v) is 8.58. The first-order valence-electron chi connectivity index (χ1n) is 7.59. The maximum Gasteiger partial charge on any atom is 0.157 e. The molecule has 2 heterocycles. The molecule has 1 saturated carbocycles. The summed E-state index contributed by atoms with van der Waals surface area (Å²) >= 11 is 1.90. The van der Waals surface area contributed by atoms with Crippen LogP contribution in [0.3, 0.4) is 0 Å². The van der Waals surface area contributed by atoms with Crippen LogP contribution in [0.1, 0.15) is 38.3 Å². The van der Waals surface area contributed by atoms with Crippen LogP contribution in [0.25, 0.3) is 0 Å². The molecule has 2 aliphatic rings. The van der Waals surface area contributed by atoms with Crippen molar-refractivity contribution < 1.29 is 0 Å². The average Bonchev–Trinajstić information content (AvgIpc) is 3.02. The normalized spacial score (nSPS) is 31.9. The van der Waals surface area contributed by atoms with Crippen LogP contribution in [-0.2, 0) is 13.5 Å². The molecular formula is C15H24N4S. The van der Waals surface area contributed by atoms with E-state index in [1.54, 1.807) is 0 Å². The Bertz CT molecular complexity index is 486. The predicted octanol–water partition coefficient (Wildman–Crippen LogP) is 2.60. The standard InChI is InChI=1S/C15H24N4S/c1-12-3-7-15(8-4-12)11-20-14(17-15)16-9-5-13-6-10-19(2)18-13/h6,10,12H,3-5,7-9,11H2,1-2H3,(H,16,17). The maximum atomic E-state index is 4.72. The average molecular weight is 292 g/mol. The van der Waals surface area contributed by atoms with Gasteiger partial charge in [-0.3, -0.25) is 9.67 Å². The number of nitrogens with zero attached hydrogens (tertiary/aromatic N) is 3. The van der Waals surface area contributed by atoms with Gasteiger partial charge < -0.3 is 5.32 Å². The molecule has 0 bridgehead atoms. The van der Waals surface area contributed by atoms with E-state index in [4.69, 9.17) is 4.99 Å². The minimum absolute atomic E-state index is 0.348. The van der Waals surface area contributed by atoms with Gasteiger partial charge in [0, 0.05) is 37.5 Å². The smallest absolute Gasteiger partial charge is 0.157 e. The van der Waals surface area contributed by atoms with Crippen LogP contribution in [0, 0.1) is 5.92 Å². The molecule has 3 rings (SSSR count). The van der Waals surface area contributed by atoms with E-state index in [0.717, 1.165) is 29.7 Å². The zero-order valence-electron chi connectivity index (χ0n) is 12.4. The molecule has 0 aromatic carbocycles. The van der Waals surface area contributed by atoms with Gasteiger partial charge in [-0.05, 0) is 37.7 Å². The van der Waals surface area contributed by atoms with E-state index in [9.17, 15) is 0 Å². The minimum atomic E-state index is 0.348. The van der Waals surface area contributed by atoms with Crippen LogP contribution in [0.4, 0.5) is 0 Å². The van der Waals surface area contributed by atoms with Gasteiger partial charge in [-0.2, -0.15) is 5.10 Å². The number of nitrogens with one attached hydrogen (secondary N) is 1. The van der Waals surface area contributed by atoms with Gasteiger partial charge in [0.05, 0.1) is 5.69 Å². The lowest BCUT2D eigenvalue weighted by Gasteiger charge is -2.35. The summed E-state index contributed by atoms with van der Waals surface area (Å²) in [6.45, 7) is 3.20. The van der Waals surface area contributed by atoms with E-state index in [2.05, 4.69) is 23.4 Å². The van der Waals surface area contributed by atoms with Crippen molar-refractivity contribution >= 4 is 16.9 Å². The molecule has 20 heavy (non-hydrogen) atoms. The van der Waals surface area contributed by atoms with Crippen molar-refractivity contribution in [3.8, 4) is 0 Å². The second-order valence-corrected chi connectivity index (χ2v) is 7.26. The molecule has 4 nitrogen and oxygen atoms in total. The Morgan fingerprint density at radius 3 is 3.00 bits per heavy atom. The fourth-order valence-electron chi connectivity index (χ4n) is 3.04. The first kappa shape index (κ1) is 14.0. The molecule has 1 spiro atoms. The molecule has 1 aromatic heterocycles. The molecule has 1 aromatic rings. The molecule has 0 radical (unpaired) electrons. The molecule has 2 fully saturated rings. The summed E-state index contributed by atoms with van der Waals surface area (Å²) in [4.78, 5) is 4.72. The second kappa shape index (κ2) is 5.80. The highest BCUT2D eigenvalue weighted by molar-refractivity contribution is 8.14. The van der Waals surface area contributed by atoms with Crippen molar-refractivity contribution in [1.82, 2.24) is 15.1 Å². The molecule has 1 N–H and O–H groups in total. The molecule has 0 amide bonds. The van der Waals surface area contributed by atoms with Crippen LogP contribution in [0.5, 0.6) is 0 Å². The SMILES string of the molecule is CC1CCC2(CC1)CSC(=NCCc1ccn(C)n1)N2. The third-order valence-electron chi connectivity index (χ3n) is 4.48. The van der Waals surface area contributed by atoms with Gasteiger partial charge in [-0.15, -0.1) is 0 Å². The van der Waals surface area contributed by atoms with Crippen molar-refractivity contribution in [3.05, 3.63) is 18.0 Å². The summed E-state index contributed by atoms with van der Waals surface area (Å²) in [6.07, 6.45) is 8.24. The van der Waals surface area contributed by atoms with Crippen molar-refractivity contribution in [3.63, 3.8) is 0 Å². The lowest BCUT2D eigenvalue weighted by molar-refractivity contribution is 0.251. The highest BCUT2D eigenvalue weighted by atomic mass is 32.2. The largest absolute Gasteiger partial charge is 0.359 e. The van der Waals surface area contributed by atoms with Gasteiger partial charge in [0.15, 0.2) is 5.17 Å². The minimum Gasteiger partial charge on any atom is -0.359 e. The van der Waals surface area contributed by atoms with Crippen molar-refractivity contribution in [1.29, 1.82) is 0 Å². The Hall–Kier alpha value is -0.970. The Kier molecular flexibility index (Phi) is 4.06. The zero-order chi connectivity index (χ0) is 14.0. The third kappa shape index (κ3) is 3.19. The van der Waals surface area contributed by atoms with Crippen molar-refractivity contribution in [2.75, 3.05) is 12.3 Å². The Morgan fingerprint density at radius 1 is 1.50 bits per heavy atom. The molecule has 1 saturated heterocycles. The summed E-state index contributed by atoms with van der Waals surface area (Å²) in [7, 11) is 1.96. The summed E-state index contributed by atoms with van der Waals surface area (Å²) < 4.78 is 1.85. The van der Waals surface area contributed by atoms with Gasteiger partial charge in [-0.1, -0.05) is 18.7 Å². The highest BCUT2D eigenvalue weighted by Gasteiger charge is 2.39. The molecule has 0 atom stereocenters. The second-order valence-electron chi connectivity index (χ2n) is 6.29. The van der Waals surface area contributed by atoms with Gasteiger partial charge in [0.25, 0.3) is 0 Å². The monoisotopic (exact) mass is 292 g/mol. The molecule has 5 heteroatoms. The molecule has 1 aliphatic carbocycles. The summed E-state index contributed by atoms with van der Waals surface area (Å²) in [5, 5.41) is 9.24. The van der Waals surface area contributed by atoms with Gasteiger partial charge in [0.1, 0.15) is 0 Å². The number of hydrogen-bond donors (Lipinski definition) is 1. The summed E-state index contributed by atoms with van der Waals surface area (Å²) in [5.41, 5.74) is 1.47. The zero-order valence-corrected chi connectivity index (χ0v) is 13.2. The van der Waals surface area contributed by atoms with E-state index in [1.165, 1.54) is 31.4 Å². The van der Waals surface area contributed by atoms with Crippen LogP contribution >= 0.6 is 11.8 Å². The number of thioether (sulfide) groups is 1. The Labute approximate surface area is 125 Å². The Morgan fingerprint density at radius 2 is 2.30 bits per heavy atom. The lowest BCUT2D eigenvalue weighted by Crippen LogP contribution is -2.46. The number of aryl methyl sites for hydroxylation is 1. The van der Waals surface area contributed by atoms with Crippen molar-refractivity contribution in [2.45, 2.75) is 44.6 Å². The summed E-state index contributed by atoms with van der Waals surface area (Å²) in [5.74, 6) is 2.10. The van der Waals surface area contributed by atoms with E-state index < -0.39 is 0 Å². The first-order chi connectivity index (χ1) is 9.65. The number of aliphatic imine (C=N–C) groups is 1. The van der Waals surface area contributed by atoms with Crippen LogP contribution in [0.2, 0.25) is 0 Å². The van der Waals surface area contributed by atoms with Crippen molar-refractivity contribution in [2.24, 2.45) is 18.0 Å². The fraction of sp³-hybridized carbons (Fsp3) is 0.733. The van der Waals surface area contributed by atoms with E-state index in [-0.39, 0.29) is 0 Å². The predicted molar refractivity (Wildman–Crippen MR) is 85.2 cm³/mol. The fourth-order valence-corrected chi connectivity index (χ4v) is 4.29. The number of hydrogen-bond acceptors (Lipinski definition) is 3. The van der Waals surface area contributed by atoms with Gasteiger partial charge >= 0.3 is 0 Å². The topological polar surface area (TPSA) is 42.2 Å². The Balaban J connectivity index is 1.50. The van der Waals surface area contributed by atoms with Crippen LogP contribution in [0.15, 0.2) is 17.3 Å². The van der Waals surface area contributed by atoms with Crippen LogP contribution in [-0.4, -0.2) is 32.8 Å². The molecule has 0 unspecified atom stereocenters. The third-order valence-corrected chi connectivity index (χ3v) is 5.68. The molecule has 1 aliphatic heterocycles. The van der Waals surface area contributed by atoms with Gasteiger partial charge in [-0.25, -0.2) is 0 Å². The summed E-state index contributed by atoms with van der Waals surface area (Å²) in [6, 6.07) is 2.07. The lowest BCUT2D eigenvalue weighted by atomic mass is 9.78. The highest BCUT2D eigenvalue weighted by Crippen LogP contribution is 2.38. The van der Waals surface area contributed by atoms with E-state index in [1.807, 2.05) is 29.7 Å². The van der Waals surface area contributed by atoms with E-state index in [0.29, 0.717) is 5.54 Å². The van der Waals surface area contributed by atoms with Gasteiger partial charge in [0.2, 0.25) is 0 Å². The molecular weight excluding hydrogens is 268 g/mol. The molecule has 110 valence electrons. The maximum absolute atomic E-state index is 4.72. The number of amidine groups is 1. The number of aromatic nitrogens is 2. The van der Waals surface area contributed by atoms with E-state index >= 15 is 0 Å².